The van der Waals surface area contributed by atoms with Gasteiger partial charge in [-0.15, -0.1) is 0 Å². The molecule has 0 atom stereocenters. The van der Waals surface area contributed by atoms with Gasteiger partial charge in [-0.25, -0.2) is 0 Å². The van der Waals surface area contributed by atoms with Crippen molar-refractivity contribution >= 4 is 46.4 Å². The van der Waals surface area contributed by atoms with E-state index in [1.807, 2.05) is 6.92 Å². The zero-order valence-corrected chi connectivity index (χ0v) is 14.8. The van der Waals surface area contributed by atoms with Crippen molar-refractivity contribution in [2.24, 2.45) is 0 Å². The van der Waals surface area contributed by atoms with E-state index in [4.69, 9.17) is 39.2 Å². The molecule has 6 heteroatoms. The zero-order chi connectivity index (χ0) is 17.3. The Morgan fingerprint density at radius 2 is 1.79 bits per heavy atom. The topological polar surface area (TPSA) is 42.2 Å². The van der Waals surface area contributed by atoms with Crippen molar-refractivity contribution < 1.29 is 9.21 Å². The largest absolute Gasteiger partial charge is 0.451 e. The summed E-state index contributed by atoms with van der Waals surface area (Å²) in [6.45, 7) is 1.83. The van der Waals surface area contributed by atoms with Gasteiger partial charge in [-0.05, 0) is 55.0 Å². The SMILES string of the molecule is Cc1c(Cl)cccc1NC(=O)c1ccc(-c2ccc(Cl)cc2Cl)o1. The van der Waals surface area contributed by atoms with Crippen molar-refractivity contribution in [3.63, 3.8) is 0 Å². The number of hydrogen-bond donors (Lipinski definition) is 1. The lowest BCUT2D eigenvalue weighted by Gasteiger charge is -2.08. The van der Waals surface area contributed by atoms with Crippen molar-refractivity contribution in [1.82, 2.24) is 0 Å². The predicted molar refractivity (Wildman–Crippen MR) is 98.3 cm³/mol. The van der Waals surface area contributed by atoms with E-state index < -0.39 is 0 Å². The van der Waals surface area contributed by atoms with Crippen LogP contribution in [0.2, 0.25) is 15.1 Å². The van der Waals surface area contributed by atoms with Gasteiger partial charge in [-0.3, -0.25) is 4.79 Å². The van der Waals surface area contributed by atoms with Crippen LogP contribution in [0.5, 0.6) is 0 Å². The van der Waals surface area contributed by atoms with E-state index in [9.17, 15) is 4.79 Å². The van der Waals surface area contributed by atoms with Gasteiger partial charge in [0.15, 0.2) is 5.76 Å². The molecule has 2 aromatic carbocycles. The molecule has 1 aromatic heterocycles. The van der Waals surface area contributed by atoms with Gasteiger partial charge in [0, 0.05) is 21.3 Å². The number of anilines is 1. The number of carbonyl (C=O) groups is 1. The quantitative estimate of drug-likeness (QED) is 0.566. The van der Waals surface area contributed by atoms with Gasteiger partial charge in [0.2, 0.25) is 0 Å². The van der Waals surface area contributed by atoms with E-state index in [1.165, 1.54) is 0 Å². The molecule has 0 fully saturated rings. The Balaban J connectivity index is 1.85. The third kappa shape index (κ3) is 3.44. The number of nitrogens with one attached hydrogen (secondary N) is 1. The summed E-state index contributed by atoms with van der Waals surface area (Å²) in [4.78, 5) is 12.4. The Labute approximate surface area is 154 Å². The molecule has 24 heavy (non-hydrogen) atoms. The number of furan rings is 1. The van der Waals surface area contributed by atoms with Crippen LogP contribution in [-0.4, -0.2) is 5.91 Å². The van der Waals surface area contributed by atoms with E-state index in [0.29, 0.717) is 32.1 Å². The third-order valence-electron chi connectivity index (χ3n) is 3.54. The molecule has 3 rings (SSSR count). The second kappa shape index (κ2) is 6.89. The molecule has 0 aliphatic rings. The molecule has 0 radical (unpaired) electrons. The van der Waals surface area contributed by atoms with Gasteiger partial charge >= 0.3 is 0 Å². The molecule has 0 unspecified atom stereocenters. The second-order valence-corrected chi connectivity index (χ2v) is 6.41. The highest BCUT2D eigenvalue weighted by molar-refractivity contribution is 6.36. The standard InChI is InChI=1S/C18H12Cl3NO2/c1-10-13(20)3-2-4-15(10)22-18(23)17-8-7-16(24-17)12-6-5-11(19)9-14(12)21/h2-9H,1H3,(H,22,23). The summed E-state index contributed by atoms with van der Waals surface area (Å²) in [6, 6.07) is 13.7. The number of rotatable bonds is 3. The van der Waals surface area contributed by atoms with Crippen LogP contribution < -0.4 is 5.32 Å². The average Bonchev–Trinajstić information content (AvgIpc) is 3.01. The van der Waals surface area contributed by atoms with Crippen molar-refractivity contribution in [2.45, 2.75) is 6.92 Å². The number of hydrogen-bond acceptors (Lipinski definition) is 2. The number of benzene rings is 2. The average molecular weight is 381 g/mol. The summed E-state index contributed by atoms with van der Waals surface area (Å²) < 4.78 is 5.62. The van der Waals surface area contributed by atoms with Crippen LogP contribution in [0.25, 0.3) is 11.3 Å². The van der Waals surface area contributed by atoms with Crippen LogP contribution >= 0.6 is 34.8 Å². The highest BCUT2D eigenvalue weighted by Crippen LogP contribution is 2.32. The molecule has 0 aliphatic heterocycles. The fourth-order valence-corrected chi connectivity index (χ4v) is 2.90. The summed E-state index contributed by atoms with van der Waals surface area (Å²) in [5, 5.41) is 4.35. The minimum Gasteiger partial charge on any atom is -0.451 e. The molecule has 0 aliphatic carbocycles. The molecule has 122 valence electrons. The number of carbonyl (C=O) groups excluding carboxylic acids is 1. The van der Waals surface area contributed by atoms with Crippen LogP contribution in [-0.2, 0) is 0 Å². The molecule has 0 saturated heterocycles. The zero-order valence-electron chi connectivity index (χ0n) is 12.6. The summed E-state index contributed by atoms with van der Waals surface area (Å²) in [5.74, 6) is 0.303. The monoisotopic (exact) mass is 379 g/mol. The molecule has 1 N–H and O–H groups in total. The lowest BCUT2D eigenvalue weighted by molar-refractivity contribution is 0.0997. The summed E-state index contributed by atoms with van der Waals surface area (Å²) in [6.07, 6.45) is 0. The Bertz CT molecular complexity index is 918. The fourth-order valence-electron chi connectivity index (χ4n) is 2.22. The molecule has 0 spiro atoms. The van der Waals surface area contributed by atoms with Crippen molar-refractivity contribution in [3.05, 3.63) is 74.9 Å². The lowest BCUT2D eigenvalue weighted by Crippen LogP contribution is -2.11. The van der Waals surface area contributed by atoms with Crippen LogP contribution in [0, 0.1) is 6.92 Å². The molecular formula is C18H12Cl3NO2. The molecule has 3 aromatic rings. The maximum absolute atomic E-state index is 12.4. The number of halogens is 3. The highest BCUT2D eigenvalue weighted by Gasteiger charge is 2.15. The van der Waals surface area contributed by atoms with Crippen LogP contribution in [0.1, 0.15) is 16.1 Å². The molecule has 1 amide bonds. The highest BCUT2D eigenvalue weighted by atomic mass is 35.5. The second-order valence-electron chi connectivity index (χ2n) is 5.15. The lowest BCUT2D eigenvalue weighted by atomic mass is 10.2. The van der Waals surface area contributed by atoms with Crippen molar-refractivity contribution in [1.29, 1.82) is 0 Å². The molecule has 3 nitrogen and oxygen atoms in total. The minimum absolute atomic E-state index is 0.176. The first-order valence-corrected chi connectivity index (χ1v) is 8.21. The van der Waals surface area contributed by atoms with Gasteiger partial charge in [-0.1, -0.05) is 40.9 Å². The smallest absolute Gasteiger partial charge is 0.291 e. The van der Waals surface area contributed by atoms with Gasteiger partial charge in [0.05, 0.1) is 5.02 Å². The fraction of sp³-hybridized carbons (Fsp3) is 0.0556. The van der Waals surface area contributed by atoms with Gasteiger partial charge in [-0.2, -0.15) is 0 Å². The Hall–Kier alpha value is -1.94. The van der Waals surface area contributed by atoms with Crippen LogP contribution in [0.15, 0.2) is 52.9 Å². The number of amides is 1. The Morgan fingerprint density at radius 3 is 2.54 bits per heavy atom. The summed E-state index contributed by atoms with van der Waals surface area (Å²) in [7, 11) is 0. The normalized spacial score (nSPS) is 10.7. The van der Waals surface area contributed by atoms with Crippen LogP contribution in [0.3, 0.4) is 0 Å². The van der Waals surface area contributed by atoms with Crippen molar-refractivity contribution in [3.8, 4) is 11.3 Å². The maximum Gasteiger partial charge on any atom is 0.291 e. The minimum atomic E-state index is -0.364. The van der Waals surface area contributed by atoms with E-state index in [0.717, 1.165) is 5.56 Å². The van der Waals surface area contributed by atoms with E-state index in [-0.39, 0.29) is 11.7 Å². The van der Waals surface area contributed by atoms with E-state index in [1.54, 1.807) is 48.5 Å². The third-order valence-corrected chi connectivity index (χ3v) is 4.50. The van der Waals surface area contributed by atoms with Gasteiger partial charge in [0.25, 0.3) is 5.91 Å². The Kier molecular flexibility index (Phi) is 4.86. The Morgan fingerprint density at radius 1 is 1.00 bits per heavy atom. The van der Waals surface area contributed by atoms with Crippen molar-refractivity contribution in [2.75, 3.05) is 5.32 Å². The van der Waals surface area contributed by atoms with E-state index >= 15 is 0 Å². The summed E-state index contributed by atoms with van der Waals surface area (Å²) >= 11 is 18.1. The maximum atomic E-state index is 12.4. The first-order chi connectivity index (χ1) is 11.5. The molecule has 0 saturated carbocycles. The first-order valence-electron chi connectivity index (χ1n) is 7.07. The predicted octanol–water partition coefficient (Wildman–Crippen LogP) is 6.47. The van der Waals surface area contributed by atoms with Gasteiger partial charge < -0.3 is 9.73 Å². The van der Waals surface area contributed by atoms with Gasteiger partial charge in [0.1, 0.15) is 5.76 Å². The molecular weight excluding hydrogens is 369 g/mol. The molecule has 0 bridgehead atoms. The van der Waals surface area contributed by atoms with E-state index in [2.05, 4.69) is 5.32 Å². The van der Waals surface area contributed by atoms with Crippen LogP contribution in [0.4, 0.5) is 5.69 Å². The summed E-state index contributed by atoms with van der Waals surface area (Å²) in [5.41, 5.74) is 2.09. The molecule has 1 heterocycles. The first kappa shape index (κ1) is 16.9.